The molecule has 2 aromatic rings. The van der Waals surface area contributed by atoms with Crippen LogP contribution in [-0.4, -0.2) is 20.1 Å². The van der Waals surface area contributed by atoms with E-state index in [2.05, 4.69) is 27.0 Å². The monoisotopic (exact) mass is 216 g/mol. The second-order valence-electron chi connectivity index (χ2n) is 3.31. The Kier molecular flexibility index (Phi) is 3.05. The quantitative estimate of drug-likeness (QED) is 0.787. The molecule has 5 nitrogen and oxygen atoms in total. The van der Waals surface area contributed by atoms with E-state index in [1.54, 1.807) is 18.6 Å². The van der Waals surface area contributed by atoms with Gasteiger partial charge in [-0.1, -0.05) is 18.2 Å². The van der Waals surface area contributed by atoms with E-state index in [0.29, 0.717) is 17.4 Å². The molecular formula is C11H12N4O. The van der Waals surface area contributed by atoms with Crippen molar-refractivity contribution in [1.29, 1.82) is 0 Å². The van der Waals surface area contributed by atoms with Crippen LogP contribution < -0.4 is 0 Å². The predicted octanol–water partition coefficient (Wildman–Crippen LogP) is 2.34. The second-order valence-corrected chi connectivity index (χ2v) is 3.31. The zero-order chi connectivity index (χ0) is 11.4. The van der Waals surface area contributed by atoms with Crippen molar-refractivity contribution in [3.63, 3.8) is 0 Å². The lowest BCUT2D eigenvalue weighted by Gasteiger charge is -1.90. The minimum Gasteiger partial charge on any atom is -0.334 e. The van der Waals surface area contributed by atoms with E-state index in [-0.39, 0.29) is 0 Å². The molecule has 82 valence electrons. The molecule has 0 N–H and O–H groups in total. The largest absolute Gasteiger partial charge is 0.334 e. The minimum atomic E-state index is 0.465. The molecule has 0 unspecified atom stereocenters. The first-order valence-electron chi connectivity index (χ1n) is 5.08. The number of aromatic nitrogens is 4. The van der Waals surface area contributed by atoms with Crippen LogP contribution >= 0.6 is 0 Å². The van der Waals surface area contributed by atoms with Crippen LogP contribution in [0.25, 0.3) is 17.1 Å². The highest BCUT2D eigenvalue weighted by atomic mass is 16.5. The topological polar surface area (TPSA) is 64.7 Å². The van der Waals surface area contributed by atoms with E-state index < -0.39 is 0 Å². The fourth-order valence-electron chi connectivity index (χ4n) is 1.30. The third-order valence-corrected chi connectivity index (χ3v) is 2.07. The Morgan fingerprint density at radius 1 is 1.44 bits per heavy atom. The van der Waals surface area contributed by atoms with Crippen LogP contribution in [-0.2, 0) is 0 Å². The molecule has 2 aromatic heterocycles. The Morgan fingerprint density at radius 3 is 3.00 bits per heavy atom. The Labute approximate surface area is 93.2 Å². The molecule has 5 heteroatoms. The van der Waals surface area contributed by atoms with Crippen LogP contribution in [0.3, 0.4) is 0 Å². The summed E-state index contributed by atoms with van der Waals surface area (Å²) in [5, 5.41) is 3.86. The number of nitrogens with zero attached hydrogens (tertiary/aromatic N) is 4. The zero-order valence-corrected chi connectivity index (χ0v) is 9.21. The molecule has 0 amide bonds. The standard InChI is InChI=1S/C11H12N4O/c1-3-4-8(2)11-14-10(15-16-11)9-7-12-5-6-13-9/h4-7H,3H2,1-2H3/b8-4+. The van der Waals surface area contributed by atoms with E-state index in [9.17, 15) is 0 Å². The number of rotatable bonds is 3. The zero-order valence-electron chi connectivity index (χ0n) is 9.21. The van der Waals surface area contributed by atoms with Crippen molar-refractivity contribution in [2.24, 2.45) is 0 Å². The average molecular weight is 216 g/mol. The van der Waals surface area contributed by atoms with Gasteiger partial charge in [-0.2, -0.15) is 4.98 Å². The van der Waals surface area contributed by atoms with Gasteiger partial charge in [0.05, 0.1) is 6.20 Å². The van der Waals surface area contributed by atoms with Gasteiger partial charge >= 0.3 is 0 Å². The lowest BCUT2D eigenvalue weighted by atomic mass is 10.2. The molecule has 16 heavy (non-hydrogen) atoms. The van der Waals surface area contributed by atoms with Gasteiger partial charge in [0.25, 0.3) is 5.89 Å². The molecule has 2 rings (SSSR count). The van der Waals surface area contributed by atoms with Gasteiger partial charge in [0.1, 0.15) is 5.69 Å². The molecule has 0 spiro atoms. The summed E-state index contributed by atoms with van der Waals surface area (Å²) in [6.07, 6.45) is 7.78. The molecule has 0 aliphatic carbocycles. The molecule has 0 aromatic carbocycles. The Balaban J connectivity index is 2.30. The maximum atomic E-state index is 5.14. The van der Waals surface area contributed by atoms with Gasteiger partial charge in [0, 0.05) is 18.0 Å². The van der Waals surface area contributed by atoms with Crippen molar-refractivity contribution in [1.82, 2.24) is 20.1 Å². The van der Waals surface area contributed by atoms with Crippen LogP contribution in [0.15, 0.2) is 29.2 Å². The molecule has 0 saturated heterocycles. The SMILES string of the molecule is CC/C=C(\C)c1nc(-c2cnccn2)no1. The summed E-state index contributed by atoms with van der Waals surface area (Å²) in [6.45, 7) is 4.00. The van der Waals surface area contributed by atoms with Gasteiger partial charge in [-0.05, 0) is 13.3 Å². The van der Waals surface area contributed by atoms with E-state index in [1.165, 1.54) is 0 Å². The van der Waals surface area contributed by atoms with Gasteiger partial charge in [-0.3, -0.25) is 4.98 Å². The first-order chi connectivity index (χ1) is 7.81. The molecule has 0 aliphatic rings. The second kappa shape index (κ2) is 4.65. The smallest absolute Gasteiger partial charge is 0.253 e. The van der Waals surface area contributed by atoms with Gasteiger partial charge in [0.15, 0.2) is 0 Å². The highest BCUT2D eigenvalue weighted by Crippen LogP contribution is 2.16. The molecule has 2 heterocycles. The fourth-order valence-corrected chi connectivity index (χ4v) is 1.30. The van der Waals surface area contributed by atoms with Gasteiger partial charge < -0.3 is 4.52 Å². The maximum Gasteiger partial charge on any atom is 0.253 e. The first-order valence-corrected chi connectivity index (χ1v) is 5.08. The molecule has 0 atom stereocenters. The van der Waals surface area contributed by atoms with Gasteiger partial charge in [-0.25, -0.2) is 4.98 Å². The van der Waals surface area contributed by atoms with Crippen LogP contribution in [0.1, 0.15) is 26.2 Å². The van der Waals surface area contributed by atoms with E-state index in [1.807, 2.05) is 13.0 Å². The maximum absolute atomic E-state index is 5.14. The van der Waals surface area contributed by atoms with Gasteiger partial charge in [-0.15, -0.1) is 0 Å². The molecule has 0 radical (unpaired) electrons. The van der Waals surface area contributed by atoms with Crippen molar-refractivity contribution in [2.75, 3.05) is 0 Å². The summed E-state index contributed by atoms with van der Waals surface area (Å²) in [6, 6.07) is 0. The van der Waals surface area contributed by atoms with Crippen molar-refractivity contribution in [3.05, 3.63) is 30.6 Å². The van der Waals surface area contributed by atoms with Crippen LogP contribution in [0, 0.1) is 0 Å². The summed E-state index contributed by atoms with van der Waals surface area (Å²) < 4.78 is 5.14. The fraction of sp³-hybridized carbons (Fsp3) is 0.273. The third kappa shape index (κ3) is 2.13. The van der Waals surface area contributed by atoms with Crippen LogP contribution in [0.5, 0.6) is 0 Å². The van der Waals surface area contributed by atoms with Gasteiger partial charge in [0.2, 0.25) is 5.82 Å². The van der Waals surface area contributed by atoms with Crippen molar-refractivity contribution < 1.29 is 4.52 Å². The number of allylic oxidation sites excluding steroid dienone is 2. The van der Waals surface area contributed by atoms with Crippen molar-refractivity contribution in [3.8, 4) is 11.5 Å². The third-order valence-electron chi connectivity index (χ3n) is 2.07. The molecule has 0 aliphatic heterocycles. The van der Waals surface area contributed by atoms with Crippen LogP contribution in [0.2, 0.25) is 0 Å². The first kappa shape index (κ1) is 10.5. The Bertz CT molecular complexity index is 490. The molecule has 0 saturated carbocycles. The van der Waals surface area contributed by atoms with E-state index in [0.717, 1.165) is 12.0 Å². The minimum absolute atomic E-state index is 0.465. The summed E-state index contributed by atoms with van der Waals surface area (Å²) in [7, 11) is 0. The summed E-state index contributed by atoms with van der Waals surface area (Å²) >= 11 is 0. The predicted molar refractivity (Wildman–Crippen MR) is 59.3 cm³/mol. The number of hydrogen-bond acceptors (Lipinski definition) is 5. The summed E-state index contributed by atoms with van der Waals surface area (Å²) in [5.41, 5.74) is 1.59. The summed E-state index contributed by atoms with van der Waals surface area (Å²) in [4.78, 5) is 12.3. The lowest BCUT2D eigenvalue weighted by Crippen LogP contribution is -1.86. The van der Waals surface area contributed by atoms with Crippen LogP contribution in [0.4, 0.5) is 0 Å². The molecular weight excluding hydrogens is 204 g/mol. The van der Waals surface area contributed by atoms with E-state index >= 15 is 0 Å². The Morgan fingerprint density at radius 2 is 2.31 bits per heavy atom. The summed E-state index contributed by atoms with van der Waals surface area (Å²) in [5.74, 6) is 0.995. The van der Waals surface area contributed by atoms with Crippen molar-refractivity contribution in [2.45, 2.75) is 20.3 Å². The molecule has 0 bridgehead atoms. The Hall–Kier alpha value is -2.04. The number of hydrogen-bond donors (Lipinski definition) is 0. The van der Waals surface area contributed by atoms with Crippen molar-refractivity contribution >= 4 is 5.57 Å². The highest BCUT2D eigenvalue weighted by molar-refractivity contribution is 5.58. The highest BCUT2D eigenvalue weighted by Gasteiger charge is 2.10. The molecule has 0 fully saturated rings. The van der Waals surface area contributed by atoms with E-state index in [4.69, 9.17) is 4.52 Å². The lowest BCUT2D eigenvalue weighted by molar-refractivity contribution is 0.408. The normalized spacial score (nSPS) is 11.8. The average Bonchev–Trinajstić information content (AvgIpc) is 2.80.